The highest BCUT2D eigenvalue weighted by molar-refractivity contribution is 7.91. The first-order valence-electron chi connectivity index (χ1n) is 4.00. The van der Waals surface area contributed by atoms with Crippen molar-refractivity contribution in [2.75, 3.05) is 11.5 Å². The molecule has 0 spiro atoms. The van der Waals surface area contributed by atoms with Crippen molar-refractivity contribution in [1.29, 1.82) is 0 Å². The Labute approximate surface area is 72.7 Å². The van der Waals surface area contributed by atoms with E-state index in [1.54, 1.807) is 6.92 Å². The first-order valence-corrected chi connectivity index (χ1v) is 5.83. The zero-order valence-corrected chi connectivity index (χ0v) is 7.97. The Balaban J connectivity index is 2.65. The molecule has 1 aliphatic heterocycles. The molecule has 0 aromatic heterocycles. The molecule has 4 nitrogen and oxygen atoms in total. The second-order valence-corrected chi connectivity index (χ2v) is 5.94. The summed E-state index contributed by atoms with van der Waals surface area (Å²) in [6.07, 6.45) is 0.315. The van der Waals surface area contributed by atoms with E-state index in [4.69, 9.17) is 10.8 Å². The maximum atomic E-state index is 11.1. The molecule has 12 heavy (non-hydrogen) atoms. The molecule has 0 aromatic carbocycles. The standard InChI is InChI=1S/C7H15NO3S/c1-6(9)4-7(8)2-3-12(10,11)5-7/h6,9H,2-5,8H2,1H3. The predicted octanol–water partition coefficient (Wildman–Crippen LogP) is -0.727. The summed E-state index contributed by atoms with van der Waals surface area (Å²) in [4.78, 5) is 0. The second kappa shape index (κ2) is 2.97. The third kappa shape index (κ3) is 2.43. The summed E-state index contributed by atoms with van der Waals surface area (Å²) in [6, 6.07) is 0. The Morgan fingerprint density at radius 3 is 2.58 bits per heavy atom. The van der Waals surface area contributed by atoms with Crippen molar-refractivity contribution < 1.29 is 13.5 Å². The molecule has 1 rings (SSSR count). The van der Waals surface area contributed by atoms with Gasteiger partial charge < -0.3 is 10.8 Å². The van der Waals surface area contributed by atoms with Crippen LogP contribution in [0.2, 0.25) is 0 Å². The highest BCUT2D eigenvalue weighted by atomic mass is 32.2. The van der Waals surface area contributed by atoms with Gasteiger partial charge in [-0.1, -0.05) is 0 Å². The normalized spacial score (nSPS) is 36.6. The van der Waals surface area contributed by atoms with Gasteiger partial charge in [0.15, 0.2) is 9.84 Å². The number of aliphatic hydroxyl groups excluding tert-OH is 1. The van der Waals surface area contributed by atoms with Gasteiger partial charge in [-0.2, -0.15) is 0 Å². The van der Waals surface area contributed by atoms with Gasteiger partial charge in [0.1, 0.15) is 0 Å². The summed E-state index contributed by atoms with van der Waals surface area (Å²) in [5.41, 5.74) is 5.11. The molecule has 0 amide bonds. The van der Waals surface area contributed by atoms with Crippen LogP contribution in [0.4, 0.5) is 0 Å². The summed E-state index contributed by atoms with van der Waals surface area (Å²) < 4.78 is 22.1. The van der Waals surface area contributed by atoms with E-state index in [1.807, 2.05) is 0 Å². The van der Waals surface area contributed by atoms with Gasteiger partial charge in [0.2, 0.25) is 0 Å². The lowest BCUT2D eigenvalue weighted by Crippen LogP contribution is -2.43. The Bertz CT molecular complexity index is 260. The van der Waals surface area contributed by atoms with Crippen LogP contribution in [0.1, 0.15) is 19.8 Å². The summed E-state index contributed by atoms with van der Waals surface area (Å²) >= 11 is 0. The van der Waals surface area contributed by atoms with Crippen LogP contribution in [0.15, 0.2) is 0 Å². The molecule has 0 aliphatic carbocycles. The van der Waals surface area contributed by atoms with Gasteiger partial charge in [-0.15, -0.1) is 0 Å². The zero-order valence-electron chi connectivity index (χ0n) is 7.16. The van der Waals surface area contributed by atoms with E-state index < -0.39 is 21.5 Å². The molecule has 1 saturated heterocycles. The van der Waals surface area contributed by atoms with Crippen LogP contribution in [0.5, 0.6) is 0 Å². The van der Waals surface area contributed by atoms with Gasteiger partial charge in [0.25, 0.3) is 0 Å². The lowest BCUT2D eigenvalue weighted by atomic mass is 9.93. The molecule has 0 bridgehead atoms. The van der Waals surface area contributed by atoms with Gasteiger partial charge in [-0.3, -0.25) is 0 Å². The Hall–Kier alpha value is -0.130. The average molecular weight is 193 g/mol. The predicted molar refractivity (Wildman–Crippen MR) is 46.5 cm³/mol. The molecule has 2 unspecified atom stereocenters. The van der Waals surface area contributed by atoms with Gasteiger partial charge >= 0.3 is 0 Å². The van der Waals surface area contributed by atoms with E-state index in [0.717, 1.165) is 0 Å². The fourth-order valence-corrected chi connectivity index (χ4v) is 3.69. The summed E-state index contributed by atoms with van der Waals surface area (Å²) in [5, 5.41) is 9.07. The van der Waals surface area contributed by atoms with Crippen molar-refractivity contribution >= 4 is 9.84 Å². The molecule has 1 aliphatic rings. The maximum Gasteiger partial charge on any atom is 0.152 e. The van der Waals surface area contributed by atoms with Crippen molar-refractivity contribution in [2.45, 2.75) is 31.4 Å². The Morgan fingerprint density at radius 2 is 2.25 bits per heavy atom. The number of nitrogens with two attached hydrogens (primary N) is 1. The summed E-state index contributed by atoms with van der Waals surface area (Å²) in [6.45, 7) is 1.62. The number of rotatable bonds is 2. The molecule has 3 N–H and O–H groups in total. The van der Waals surface area contributed by atoms with Crippen molar-refractivity contribution in [2.24, 2.45) is 5.73 Å². The smallest absolute Gasteiger partial charge is 0.152 e. The SMILES string of the molecule is CC(O)CC1(N)CCS(=O)(=O)C1. The number of aliphatic hydroxyl groups is 1. The molecule has 5 heteroatoms. The van der Waals surface area contributed by atoms with Crippen molar-refractivity contribution in [3.05, 3.63) is 0 Å². The molecule has 1 fully saturated rings. The molecule has 2 atom stereocenters. The fourth-order valence-electron chi connectivity index (χ4n) is 1.69. The van der Waals surface area contributed by atoms with Gasteiger partial charge in [0, 0.05) is 5.54 Å². The first-order chi connectivity index (χ1) is 5.33. The van der Waals surface area contributed by atoms with Crippen LogP contribution in [0.25, 0.3) is 0 Å². The lowest BCUT2D eigenvalue weighted by Gasteiger charge is -2.23. The van der Waals surface area contributed by atoms with Crippen molar-refractivity contribution in [3.63, 3.8) is 0 Å². The van der Waals surface area contributed by atoms with Crippen LogP contribution in [0, 0.1) is 0 Å². The van der Waals surface area contributed by atoms with Gasteiger partial charge in [-0.05, 0) is 19.8 Å². The number of hydrogen-bond acceptors (Lipinski definition) is 4. The summed E-state index contributed by atoms with van der Waals surface area (Å²) in [5.74, 6) is 0.182. The minimum Gasteiger partial charge on any atom is -0.393 e. The van der Waals surface area contributed by atoms with Crippen LogP contribution >= 0.6 is 0 Å². The minimum absolute atomic E-state index is 0.0187. The Kier molecular flexibility index (Phi) is 2.47. The van der Waals surface area contributed by atoms with E-state index >= 15 is 0 Å². The number of sulfone groups is 1. The summed E-state index contributed by atoms with van der Waals surface area (Å²) in [7, 11) is -2.94. The highest BCUT2D eigenvalue weighted by Crippen LogP contribution is 2.25. The molecule has 0 saturated carbocycles. The van der Waals surface area contributed by atoms with Crippen LogP contribution in [0.3, 0.4) is 0 Å². The van der Waals surface area contributed by atoms with Crippen LogP contribution in [-0.2, 0) is 9.84 Å². The molecule has 1 heterocycles. The molecular weight excluding hydrogens is 178 g/mol. The third-order valence-electron chi connectivity index (χ3n) is 2.12. The van der Waals surface area contributed by atoms with Crippen LogP contribution in [-0.4, -0.2) is 36.7 Å². The Morgan fingerprint density at radius 1 is 1.67 bits per heavy atom. The topological polar surface area (TPSA) is 80.4 Å². The largest absolute Gasteiger partial charge is 0.393 e. The fraction of sp³-hybridized carbons (Fsp3) is 1.00. The zero-order chi connectivity index (χ0) is 9.41. The number of hydrogen-bond donors (Lipinski definition) is 2. The second-order valence-electron chi connectivity index (χ2n) is 3.76. The monoisotopic (exact) mass is 193 g/mol. The molecular formula is C7H15NO3S. The third-order valence-corrected chi connectivity index (χ3v) is 3.96. The molecule has 0 radical (unpaired) electrons. The first kappa shape index (κ1) is 9.95. The highest BCUT2D eigenvalue weighted by Gasteiger charge is 2.39. The maximum absolute atomic E-state index is 11.1. The molecule has 72 valence electrons. The average Bonchev–Trinajstić information content (AvgIpc) is 2.03. The van der Waals surface area contributed by atoms with Gasteiger partial charge in [0.05, 0.1) is 17.6 Å². The van der Waals surface area contributed by atoms with E-state index in [9.17, 15) is 8.42 Å². The van der Waals surface area contributed by atoms with E-state index in [1.165, 1.54) is 0 Å². The van der Waals surface area contributed by atoms with Crippen molar-refractivity contribution in [1.82, 2.24) is 0 Å². The van der Waals surface area contributed by atoms with Crippen LogP contribution < -0.4 is 5.73 Å². The quantitative estimate of drug-likeness (QED) is 0.606. The van der Waals surface area contributed by atoms with Gasteiger partial charge in [-0.25, -0.2) is 8.42 Å². The van der Waals surface area contributed by atoms with Crippen molar-refractivity contribution in [3.8, 4) is 0 Å². The van der Waals surface area contributed by atoms with E-state index in [0.29, 0.717) is 12.8 Å². The lowest BCUT2D eigenvalue weighted by molar-refractivity contribution is 0.155. The van der Waals surface area contributed by atoms with E-state index in [2.05, 4.69) is 0 Å². The minimum atomic E-state index is -2.94. The van der Waals surface area contributed by atoms with E-state index in [-0.39, 0.29) is 11.5 Å². The molecule has 0 aromatic rings.